The molecule has 0 bridgehead atoms. The number of hydrogen-bond acceptors (Lipinski definition) is 2. The van der Waals surface area contributed by atoms with E-state index in [1.54, 1.807) is 12.1 Å². The van der Waals surface area contributed by atoms with Crippen LogP contribution < -0.4 is 0 Å². The molecule has 0 aliphatic rings. The largest absolute Gasteiger partial charge is 0.508 e. The third kappa shape index (κ3) is 2.73. The molecule has 100 valence electrons. The van der Waals surface area contributed by atoms with Crippen molar-refractivity contribution >= 4 is 0 Å². The zero-order valence-electron chi connectivity index (χ0n) is 11.4. The van der Waals surface area contributed by atoms with Crippen molar-refractivity contribution in [1.29, 1.82) is 0 Å². The Morgan fingerprint density at radius 3 is 1.63 bits per heavy atom. The number of rotatable bonds is 4. The lowest BCUT2D eigenvalue weighted by Gasteiger charge is -2.25. The van der Waals surface area contributed by atoms with Gasteiger partial charge in [0, 0.05) is 17.0 Å². The highest BCUT2D eigenvalue weighted by Crippen LogP contribution is 2.41. The van der Waals surface area contributed by atoms with Gasteiger partial charge in [-0.1, -0.05) is 56.7 Å². The lowest BCUT2D eigenvalue weighted by molar-refractivity contribution is 0.421. The molecule has 0 saturated heterocycles. The molecule has 1 atom stereocenters. The van der Waals surface area contributed by atoms with Crippen molar-refractivity contribution in [2.24, 2.45) is 5.92 Å². The first-order chi connectivity index (χ1) is 9.15. The van der Waals surface area contributed by atoms with Crippen LogP contribution in [0.15, 0.2) is 48.5 Å². The normalized spacial score (nSPS) is 12.6. The van der Waals surface area contributed by atoms with Gasteiger partial charge in [-0.2, -0.15) is 0 Å². The molecule has 0 aromatic heterocycles. The number of phenols is 2. The van der Waals surface area contributed by atoms with Gasteiger partial charge in [0.05, 0.1) is 0 Å². The van der Waals surface area contributed by atoms with Gasteiger partial charge in [-0.25, -0.2) is 0 Å². The third-order valence-corrected chi connectivity index (χ3v) is 3.76. The van der Waals surface area contributed by atoms with Gasteiger partial charge in [0.1, 0.15) is 11.5 Å². The lowest BCUT2D eigenvalue weighted by Crippen LogP contribution is -2.11. The van der Waals surface area contributed by atoms with E-state index in [2.05, 4.69) is 13.8 Å². The molecular formula is C17H20O2. The summed E-state index contributed by atoms with van der Waals surface area (Å²) in [7, 11) is 0. The molecule has 2 heteroatoms. The molecule has 0 aliphatic carbocycles. The SMILES string of the molecule is CCC(C)C(c1ccccc1O)c1ccccc1O. The van der Waals surface area contributed by atoms with Crippen LogP contribution in [0.2, 0.25) is 0 Å². The Hall–Kier alpha value is -1.96. The first-order valence-electron chi connectivity index (χ1n) is 6.71. The second-order valence-electron chi connectivity index (χ2n) is 4.98. The minimum atomic E-state index is 0.00685. The second kappa shape index (κ2) is 5.79. The van der Waals surface area contributed by atoms with Crippen LogP contribution >= 0.6 is 0 Å². The maximum Gasteiger partial charge on any atom is 0.119 e. The monoisotopic (exact) mass is 256 g/mol. The molecule has 0 spiro atoms. The Balaban J connectivity index is 2.55. The maximum absolute atomic E-state index is 10.1. The standard InChI is InChI=1S/C17H20O2/c1-3-12(2)17(13-8-4-6-10-15(13)18)14-9-5-7-11-16(14)19/h4-12,17-19H,3H2,1-2H3. The molecule has 0 heterocycles. The van der Waals surface area contributed by atoms with Gasteiger partial charge in [-0.3, -0.25) is 0 Å². The molecule has 2 rings (SSSR count). The Labute approximate surface area is 114 Å². The molecule has 0 aliphatic heterocycles. The molecule has 1 unspecified atom stereocenters. The average Bonchev–Trinajstić information content (AvgIpc) is 2.43. The average molecular weight is 256 g/mol. The van der Waals surface area contributed by atoms with Crippen LogP contribution in [0.5, 0.6) is 11.5 Å². The van der Waals surface area contributed by atoms with Crippen LogP contribution in [0.25, 0.3) is 0 Å². The molecule has 0 amide bonds. The minimum Gasteiger partial charge on any atom is -0.508 e. The van der Waals surface area contributed by atoms with Crippen LogP contribution in [0.4, 0.5) is 0 Å². The summed E-state index contributed by atoms with van der Waals surface area (Å²) < 4.78 is 0. The summed E-state index contributed by atoms with van der Waals surface area (Å²) in [6.45, 7) is 4.27. The van der Waals surface area contributed by atoms with Crippen LogP contribution in [-0.4, -0.2) is 10.2 Å². The summed E-state index contributed by atoms with van der Waals surface area (Å²) in [5, 5.41) is 20.2. The molecule has 0 saturated carbocycles. The van der Waals surface area contributed by atoms with Crippen LogP contribution in [-0.2, 0) is 0 Å². The number of benzene rings is 2. The molecule has 2 N–H and O–H groups in total. The Kier molecular flexibility index (Phi) is 4.10. The fourth-order valence-corrected chi connectivity index (χ4v) is 2.52. The van der Waals surface area contributed by atoms with Gasteiger partial charge < -0.3 is 10.2 Å². The van der Waals surface area contributed by atoms with E-state index in [0.717, 1.165) is 17.5 Å². The Bertz CT molecular complexity index is 503. The summed E-state index contributed by atoms with van der Waals surface area (Å²) in [6, 6.07) is 14.7. The van der Waals surface area contributed by atoms with E-state index in [9.17, 15) is 10.2 Å². The van der Waals surface area contributed by atoms with Crippen molar-refractivity contribution in [1.82, 2.24) is 0 Å². The summed E-state index contributed by atoms with van der Waals surface area (Å²) in [4.78, 5) is 0. The van der Waals surface area contributed by atoms with Gasteiger partial charge in [-0.15, -0.1) is 0 Å². The van der Waals surface area contributed by atoms with Crippen LogP contribution in [0.3, 0.4) is 0 Å². The Morgan fingerprint density at radius 2 is 1.26 bits per heavy atom. The van der Waals surface area contributed by atoms with Crippen molar-refractivity contribution in [2.45, 2.75) is 26.2 Å². The highest BCUT2D eigenvalue weighted by atomic mass is 16.3. The highest BCUT2D eigenvalue weighted by Gasteiger charge is 2.24. The molecule has 2 aromatic carbocycles. The van der Waals surface area contributed by atoms with Crippen molar-refractivity contribution in [3.05, 3.63) is 59.7 Å². The quantitative estimate of drug-likeness (QED) is 0.857. The molecule has 0 radical (unpaired) electrons. The van der Waals surface area contributed by atoms with Crippen molar-refractivity contribution in [3.8, 4) is 11.5 Å². The number of hydrogen-bond donors (Lipinski definition) is 2. The highest BCUT2D eigenvalue weighted by molar-refractivity contribution is 5.46. The number of phenolic OH excluding ortho intramolecular Hbond substituents is 2. The summed E-state index contributed by atoms with van der Waals surface area (Å²) in [6.07, 6.45) is 0.979. The van der Waals surface area contributed by atoms with Crippen molar-refractivity contribution in [3.63, 3.8) is 0 Å². The predicted octanol–water partition coefficient (Wildman–Crippen LogP) is 4.28. The molecule has 0 fully saturated rings. The molecule has 2 nitrogen and oxygen atoms in total. The van der Waals surface area contributed by atoms with Gasteiger partial charge in [0.2, 0.25) is 0 Å². The smallest absolute Gasteiger partial charge is 0.119 e. The maximum atomic E-state index is 10.1. The van der Waals surface area contributed by atoms with Gasteiger partial charge in [0.25, 0.3) is 0 Å². The second-order valence-corrected chi connectivity index (χ2v) is 4.98. The fourth-order valence-electron chi connectivity index (χ4n) is 2.52. The van der Waals surface area contributed by atoms with Crippen molar-refractivity contribution < 1.29 is 10.2 Å². The van der Waals surface area contributed by atoms with E-state index in [0.29, 0.717) is 5.92 Å². The summed E-state index contributed by atoms with van der Waals surface area (Å²) in [5.74, 6) is 0.918. The minimum absolute atomic E-state index is 0.00685. The van der Waals surface area contributed by atoms with E-state index in [1.165, 1.54) is 0 Å². The van der Waals surface area contributed by atoms with E-state index >= 15 is 0 Å². The summed E-state index contributed by atoms with van der Waals surface area (Å²) >= 11 is 0. The molecular weight excluding hydrogens is 236 g/mol. The van der Waals surface area contributed by atoms with Gasteiger partial charge in [0.15, 0.2) is 0 Å². The first-order valence-corrected chi connectivity index (χ1v) is 6.71. The van der Waals surface area contributed by atoms with E-state index in [4.69, 9.17) is 0 Å². The van der Waals surface area contributed by atoms with Crippen LogP contribution in [0.1, 0.15) is 37.3 Å². The van der Waals surface area contributed by atoms with E-state index in [-0.39, 0.29) is 17.4 Å². The Morgan fingerprint density at radius 1 is 0.842 bits per heavy atom. The van der Waals surface area contributed by atoms with Gasteiger partial charge >= 0.3 is 0 Å². The topological polar surface area (TPSA) is 40.5 Å². The van der Waals surface area contributed by atoms with E-state index in [1.807, 2.05) is 36.4 Å². The lowest BCUT2D eigenvalue weighted by atomic mass is 9.79. The number of para-hydroxylation sites is 2. The third-order valence-electron chi connectivity index (χ3n) is 3.76. The molecule has 19 heavy (non-hydrogen) atoms. The molecule has 2 aromatic rings. The zero-order chi connectivity index (χ0) is 13.8. The van der Waals surface area contributed by atoms with Crippen LogP contribution in [0, 0.1) is 5.92 Å². The van der Waals surface area contributed by atoms with E-state index < -0.39 is 0 Å². The first kappa shape index (κ1) is 13.5. The fraction of sp³-hybridized carbons (Fsp3) is 0.294. The zero-order valence-corrected chi connectivity index (χ0v) is 11.4. The van der Waals surface area contributed by atoms with Gasteiger partial charge in [-0.05, 0) is 18.1 Å². The van der Waals surface area contributed by atoms with Crippen molar-refractivity contribution in [2.75, 3.05) is 0 Å². The predicted molar refractivity (Wildman–Crippen MR) is 77.5 cm³/mol. The summed E-state index contributed by atoms with van der Waals surface area (Å²) in [5.41, 5.74) is 1.75. The number of aromatic hydroxyl groups is 2.